The number of aliphatic hydroxyl groups is 1. The van der Waals surface area contributed by atoms with Gasteiger partial charge in [0.05, 0.1) is 30.3 Å². The van der Waals surface area contributed by atoms with E-state index in [0.717, 1.165) is 16.7 Å². The van der Waals surface area contributed by atoms with Crippen molar-refractivity contribution in [2.75, 3.05) is 31.5 Å². The number of hydrogen-bond donors (Lipinski definition) is 2. The van der Waals surface area contributed by atoms with Crippen LogP contribution < -0.4 is 5.32 Å². The molecule has 4 rings (SSSR count). The number of hydrogen-bond acceptors (Lipinski definition) is 5. The lowest BCUT2D eigenvalue weighted by molar-refractivity contribution is -0.137. The van der Waals surface area contributed by atoms with Crippen LogP contribution in [0.4, 0.5) is 5.69 Å². The molecule has 0 aromatic heterocycles. The van der Waals surface area contributed by atoms with Gasteiger partial charge in [-0.05, 0) is 60.4 Å². The van der Waals surface area contributed by atoms with Crippen LogP contribution in [0.1, 0.15) is 30.5 Å². The minimum Gasteiger partial charge on any atom is -0.392 e. The van der Waals surface area contributed by atoms with Crippen molar-refractivity contribution in [2.45, 2.75) is 25.5 Å². The quantitative estimate of drug-likeness (QED) is 0.405. The second-order valence-electron chi connectivity index (χ2n) is 9.40. The van der Waals surface area contributed by atoms with Crippen molar-refractivity contribution in [1.82, 2.24) is 9.80 Å². The number of aliphatic hydroxyl groups excluding tert-OH is 1. The number of carbonyl (C=O) groups is 2. The Kier molecular flexibility index (Phi) is 9.03. The second kappa shape index (κ2) is 12.4. The topological polar surface area (TPSA) is 96.7 Å². The molecular formula is C29H28Cl2N4O3. The van der Waals surface area contributed by atoms with Crippen molar-refractivity contribution in [3.05, 3.63) is 87.9 Å². The number of nitrogens with one attached hydrogen (secondary N) is 1. The molecule has 1 heterocycles. The van der Waals surface area contributed by atoms with Crippen LogP contribution >= 0.6 is 23.2 Å². The molecule has 3 aromatic carbocycles. The van der Waals surface area contributed by atoms with E-state index in [-0.39, 0.29) is 24.9 Å². The molecule has 0 aliphatic carbocycles. The Morgan fingerprint density at radius 2 is 1.82 bits per heavy atom. The number of β-amino-alcohol motifs (C(OH)–C–C–N with tert-alkyl or cyclic N) is 1. The number of nitrogens with zero attached hydrogens (tertiary/aromatic N) is 3. The first-order valence-corrected chi connectivity index (χ1v) is 13.0. The number of nitriles is 1. The predicted molar refractivity (Wildman–Crippen MR) is 149 cm³/mol. The summed E-state index contributed by atoms with van der Waals surface area (Å²) in [6, 6.07) is 21.6. The van der Waals surface area contributed by atoms with E-state index in [1.807, 2.05) is 54.3 Å². The lowest BCUT2D eigenvalue weighted by Gasteiger charge is -2.31. The Labute approximate surface area is 232 Å². The average molecular weight is 551 g/mol. The van der Waals surface area contributed by atoms with Crippen molar-refractivity contribution in [1.29, 1.82) is 5.26 Å². The van der Waals surface area contributed by atoms with Crippen molar-refractivity contribution >= 4 is 40.7 Å². The monoisotopic (exact) mass is 550 g/mol. The third-order valence-corrected chi connectivity index (χ3v) is 7.01. The van der Waals surface area contributed by atoms with E-state index in [1.165, 1.54) is 4.90 Å². The van der Waals surface area contributed by atoms with E-state index >= 15 is 0 Å². The van der Waals surface area contributed by atoms with E-state index in [1.54, 1.807) is 24.3 Å². The van der Waals surface area contributed by atoms with Crippen LogP contribution in [-0.2, 0) is 9.59 Å². The molecule has 0 bridgehead atoms. The van der Waals surface area contributed by atoms with Crippen LogP contribution in [0, 0.1) is 11.3 Å². The average Bonchev–Trinajstić information content (AvgIpc) is 3.30. The zero-order chi connectivity index (χ0) is 27.2. The van der Waals surface area contributed by atoms with Gasteiger partial charge >= 0.3 is 0 Å². The Morgan fingerprint density at radius 1 is 1.11 bits per heavy atom. The summed E-state index contributed by atoms with van der Waals surface area (Å²) in [5.41, 5.74) is 3.74. The van der Waals surface area contributed by atoms with E-state index in [4.69, 9.17) is 23.2 Å². The normalized spacial score (nSPS) is 16.0. The summed E-state index contributed by atoms with van der Waals surface area (Å²) in [5.74, 6) is -0.591. The van der Waals surface area contributed by atoms with Crippen molar-refractivity contribution in [3.8, 4) is 17.2 Å². The molecule has 38 heavy (non-hydrogen) atoms. The third-order valence-electron chi connectivity index (χ3n) is 6.57. The highest BCUT2D eigenvalue weighted by Gasteiger charge is 2.28. The van der Waals surface area contributed by atoms with Crippen molar-refractivity contribution in [3.63, 3.8) is 0 Å². The molecule has 3 aromatic rings. The summed E-state index contributed by atoms with van der Waals surface area (Å²) >= 11 is 12.1. The van der Waals surface area contributed by atoms with Crippen molar-refractivity contribution in [2.24, 2.45) is 0 Å². The molecule has 1 aliphatic heterocycles. The highest BCUT2D eigenvalue weighted by atomic mass is 35.5. The van der Waals surface area contributed by atoms with Gasteiger partial charge in [-0.25, -0.2) is 0 Å². The number of halogens is 2. The van der Waals surface area contributed by atoms with Gasteiger partial charge in [0.1, 0.15) is 6.54 Å². The fraction of sp³-hybridized carbons (Fsp3) is 0.276. The largest absolute Gasteiger partial charge is 0.392 e. The van der Waals surface area contributed by atoms with Gasteiger partial charge in [-0.2, -0.15) is 5.26 Å². The Morgan fingerprint density at radius 3 is 2.45 bits per heavy atom. The van der Waals surface area contributed by atoms with E-state index in [0.29, 0.717) is 40.8 Å². The molecule has 2 N–H and O–H groups in total. The van der Waals surface area contributed by atoms with Crippen molar-refractivity contribution < 1.29 is 14.7 Å². The fourth-order valence-corrected chi connectivity index (χ4v) is 5.09. The molecule has 1 fully saturated rings. The maximum absolute atomic E-state index is 13.4. The van der Waals surface area contributed by atoms with Crippen LogP contribution in [0.15, 0.2) is 66.7 Å². The number of likely N-dealkylation sites (tertiary alicyclic amines) is 1. The molecule has 7 nitrogen and oxygen atoms in total. The van der Waals surface area contributed by atoms with Gasteiger partial charge in [-0.15, -0.1) is 0 Å². The van der Waals surface area contributed by atoms with Gasteiger partial charge in [-0.3, -0.25) is 14.5 Å². The number of amides is 2. The zero-order valence-electron chi connectivity index (χ0n) is 20.9. The lowest BCUT2D eigenvalue weighted by atomic mass is 9.99. The number of benzene rings is 3. The SMILES string of the molecule is C[C@H](c1ccc(-c2cccc(C#N)c2)cc1)N(CC(=O)Nc1cc(Cl)cc(Cl)c1)C(=O)CN1CC[C@@H](O)C1. The second-order valence-corrected chi connectivity index (χ2v) is 10.3. The van der Waals surface area contributed by atoms with Gasteiger partial charge in [-0.1, -0.05) is 59.6 Å². The maximum Gasteiger partial charge on any atom is 0.244 e. The van der Waals surface area contributed by atoms with E-state index in [2.05, 4.69) is 11.4 Å². The predicted octanol–water partition coefficient (Wildman–Crippen LogP) is 5.13. The highest BCUT2D eigenvalue weighted by molar-refractivity contribution is 6.35. The van der Waals surface area contributed by atoms with Crippen LogP contribution in [0.5, 0.6) is 0 Å². The van der Waals surface area contributed by atoms with Gasteiger partial charge < -0.3 is 15.3 Å². The summed E-state index contributed by atoms with van der Waals surface area (Å²) in [7, 11) is 0. The van der Waals surface area contributed by atoms with Gasteiger partial charge in [0, 0.05) is 28.8 Å². The molecule has 0 saturated carbocycles. The summed E-state index contributed by atoms with van der Waals surface area (Å²) in [5, 5.41) is 22.6. The molecule has 1 aliphatic rings. The first kappa shape index (κ1) is 27.6. The van der Waals surface area contributed by atoms with E-state index < -0.39 is 12.1 Å². The molecule has 9 heteroatoms. The van der Waals surface area contributed by atoms with Crippen LogP contribution in [-0.4, -0.2) is 59.0 Å². The molecule has 2 atom stereocenters. The Balaban J connectivity index is 1.53. The molecule has 0 spiro atoms. The maximum atomic E-state index is 13.4. The zero-order valence-corrected chi connectivity index (χ0v) is 22.4. The fourth-order valence-electron chi connectivity index (χ4n) is 4.56. The summed E-state index contributed by atoms with van der Waals surface area (Å²) in [4.78, 5) is 29.9. The smallest absolute Gasteiger partial charge is 0.244 e. The molecule has 196 valence electrons. The lowest BCUT2D eigenvalue weighted by Crippen LogP contribution is -2.44. The summed E-state index contributed by atoms with van der Waals surface area (Å²) in [6.45, 7) is 2.87. The Hall–Kier alpha value is -3.41. The molecule has 2 amide bonds. The van der Waals surface area contributed by atoms with Crippen LogP contribution in [0.25, 0.3) is 11.1 Å². The first-order valence-electron chi connectivity index (χ1n) is 12.3. The molecular weight excluding hydrogens is 523 g/mol. The number of anilines is 1. The highest BCUT2D eigenvalue weighted by Crippen LogP contribution is 2.27. The Bertz CT molecular complexity index is 1340. The summed E-state index contributed by atoms with van der Waals surface area (Å²) in [6.07, 6.45) is 0.171. The number of carbonyl (C=O) groups excluding carboxylic acids is 2. The standard InChI is InChI=1S/C29H28Cl2N4O3/c1-19(21-5-7-22(8-6-21)23-4-2-3-20(11-23)15-32)35(29(38)18-34-10-9-27(36)16-34)17-28(37)33-26-13-24(30)12-25(31)14-26/h2-8,11-14,19,27,36H,9-10,16-18H2,1H3,(H,33,37)/t19-,27-/m1/s1. The van der Waals surface area contributed by atoms with Crippen LogP contribution in [0.3, 0.4) is 0 Å². The van der Waals surface area contributed by atoms with E-state index in [9.17, 15) is 20.0 Å². The summed E-state index contributed by atoms with van der Waals surface area (Å²) < 4.78 is 0. The van der Waals surface area contributed by atoms with Gasteiger partial charge in [0.15, 0.2) is 0 Å². The minimum atomic E-state index is -0.448. The van der Waals surface area contributed by atoms with Gasteiger partial charge in [0.2, 0.25) is 11.8 Å². The minimum absolute atomic E-state index is 0.108. The third kappa shape index (κ3) is 7.12. The van der Waals surface area contributed by atoms with Crippen LogP contribution in [0.2, 0.25) is 10.0 Å². The first-order chi connectivity index (χ1) is 18.2. The molecule has 0 radical (unpaired) electrons. The molecule has 0 unspecified atom stereocenters. The number of rotatable bonds is 8. The van der Waals surface area contributed by atoms with Gasteiger partial charge in [0.25, 0.3) is 0 Å². The molecule has 1 saturated heterocycles.